The van der Waals surface area contributed by atoms with Gasteiger partial charge < -0.3 is 4.74 Å². The Bertz CT molecular complexity index is 590. The first-order valence-corrected chi connectivity index (χ1v) is 7.28. The highest BCUT2D eigenvalue weighted by Gasteiger charge is 2.28. The number of rotatable bonds is 2. The number of sulfonamides is 1. The van der Waals surface area contributed by atoms with Crippen molar-refractivity contribution in [2.45, 2.75) is 12.8 Å². The van der Waals surface area contributed by atoms with Crippen LogP contribution in [0.4, 0.5) is 5.69 Å². The van der Waals surface area contributed by atoms with Crippen molar-refractivity contribution in [3.63, 3.8) is 0 Å². The Kier molecular flexibility index (Phi) is 3.43. The molecule has 1 aliphatic rings. The third-order valence-corrected chi connectivity index (χ3v) is 4.78. The molecule has 1 aliphatic heterocycles. The zero-order valence-corrected chi connectivity index (χ0v) is 10.9. The van der Waals surface area contributed by atoms with E-state index in [0.717, 1.165) is 6.42 Å². The van der Waals surface area contributed by atoms with Crippen LogP contribution >= 0.6 is 0 Å². The van der Waals surface area contributed by atoms with Gasteiger partial charge in [-0.3, -0.25) is 4.31 Å². The molecule has 1 heterocycles. The van der Waals surface area contributed by atoms with Crippen molar-refractivity contribution in [3.05, 3.63) is 23.8 Å². The lowest BCUT2D eigenvalue weighted by atomic mass is 10.2. The van der Waals surface area contributed by atoms with Crippen molar-refractivity contribution >= 4 is 15.7 Å². The van der Waals surface area contributed by atoms with Gasteiger partial charge in [0.15, 0.2) is 0 Å². The molecule has 0 amide bonds. The molecule has 2 rings (SSSR count). The van der Waals surface area contributed by atoms with E-state index in [4.69, 9.17) is 10.00 Å². The van der Waals surface area contributed by atoms with Gasteiger partial charge in [-0.1, -0.05) is 0 Å². The highest BCUT2D eigenvalue weighted by molar-refractivity contribution is 7.92. The second-order valence-electron chi connectivity index (χ2n) is 4.09. The lowest BCUT2D eigenvalue weighted by Crippen LogP contribution is -2.38. The fourth-order valence-corrected chi connectivity index (χ4v) is 3.66. The molecule has 1 aromatic rings. The molecule has 6 heteroatoms. The molecular weight excluding hydrogens is 252 g/mol. The van der Waals surface area contributed by atoms with Crippen LogP contribution in [0.2, 0.25) is 0 Å². The molecular formula is C12H14N2O3S. The summed E-state index contributed by atoms with van der Waals surface area (Å²) in [6.45, 7) is 0.463. The summed E-state index contributed by atoms with van der Waals surface area (Å²) in [6, 6.07) is 6.78. The number of methoxy groups -OCH3 is 1. The first-order valence-electron chi connectivity index (χ1n) is 5.67. The van der Waals surface area contributed by atoms with Gasteiger partial charge >= 0.3 is 0 Å². The summed E-state index contributed by atoms with van der Waals surface area (Å²) in [5.41, 5.74) is 0.959. The van der Waals surface area contributed by atoms with E-state index in [2.05, 4.69) is 0 Å². The smallest absolute Gasteiger partial charge is 0.235 e. The fourth-order valence-electron chi connectivity index (χ4n) is 2.01. The molecule has 1 aromatic carbocycles. The zero-order chi connectivity index (χ0) is 13.2. The average Bonchev–Trinajstić information content (AvgIpc) is 2.37. The van der Waals surface area contributed by atoms with Gasteiger partial charge in [-0.05, 0) is 25.0 Å². The van der Waals surface area contributed by atoms with Crippen LogP contribution in [0.15, 0.2) is 18.2 Å². The van der Waals surface area contributed by atoms with Crippen LogP contribution in [0.25, 0.3) is 0 Å². The van der Waals surface area contributed by atoms with Crippen LogP contribution in [0, 0.1) is 11.3 Å². The van der Waals surface area contributed by atoms with Gasteiger partial charge in [0.1, 0.15) is 5.75 Å². The summed E-state index contributed by atoms with van der Waals surface area (Å²) >= 11 is 0. The van der Waals surface area contributed by atoms with Crippen LogP contribution in [0.3, 0.4) is 0 Å². The number of benzene rings is 1. The Morgan fingerprint density at radius 1 is 1.39 bits per heavy atom. The first-order chi connectivity index (χ1) is 8.58. The van der Waals surface area contributed by atoms with E-state index >= 15 is 0 Å². The number of hydrogen-bond donors (Lipinski definition) is 0. The van der Waals surface area contributed by atoms with Crippen molar-refractivity contribution < 1.29 is 13.2 Å². The molecule has 1 saturated heterocycles. The molecule has 96 valence electrons. The highest BCUT2D eigenvalue weighted by atomic mass is 32.2. The van der Waals surface area contributed by atoms with Crippen LogP contribution in [0.1, 0.15) is 18.4 Å². The summed E-state index contributed by atoms with van der Waals surface area (Å²) in [4.78, 5) is 0. The number of anilines is 1. The maximum Gasteiger partial charge on any atom is 0.235 e. The Morgan fingerprint density at radius 3 is 2.78 bits per heavy atom. The third kappa shape index (κ3) is 2.27. The van der Waals surface area contributed by atoms with Crippen molar-refractivity contribution in [1.82, 2.24) is 0 Å². The molecule has 0 N–H and O–H groups in total. The summed E-state index contributed by atoms with van der Waals surface area (Å²) < 4.78 is 30.6. The van der Waals surface area contributed by atoms with Crippen molar-refractivity contribution in [2.24, 2.45) is 0 Å². The lowest BCUT2D eigenvalue weighted by molar-refractivity contribution is 0.415. The Balaban J connectivity index is 2.47. The molecule has 5 nitrogen and oxygen atoms in total. The van der Waals surface area contributed by atoms with E-state index in [1.54, 1.807) is 18.2 Å². The van der Waals surface area contributed by atoms with Crippen LogP contribution in [-0.2, 0) is 10.0 Å². The summed E-state index contributed by atoms with van der Waals surface area (Å²) in [5, 5.41) is 8.82. The molecule has 0 spiro atoms. The standard InChI is InChI=1S/C12H14N2O3S/c1-17-12-8-10(9-13)4-5-11(12)14-6-2-3-7-18(14,15)16/h4-5,8H,2-3,6-7H2,1H3. The number of nitrogens with zero attached hydrogens (tertiary/aromatic N) is 2. The van der Waals surface area contributed by atoms with E-state index in [1.807, 2.05) is 6.07 Å². The molecule has 0 unspecified atom stereocenters. The van der Waals surface area contributed by atoms with Crippen LogP contribution in [-0.4, -0.2) is 27.8 Å². The summed E-state index contributed by atoms with van der Waals surface area (Å²) in [7, 11) is -1.79. The number of nitriles is 1. The molecule has 1 fully saturated rings. The van der Waals surface area contributed by atoms with Gasteiger partial charge in [-0.2, -0.15) is 5.26 Å². The lowest BCUT2D eigenvalue weighted by Gasteiger charge is -2.29. The summed E-state index contributed by atoms with van der Waals surface area (Å²) in [5.74, 6) is 0.579. The second-order valence-corrected chi connectivity index (χ2v) is 6.11. The molecule has 18 heavy (non-hydrogen) atoms. The predicted octanol–water partition coefficient (Wildman–Crippen LogP) is 1.50. The van der Waals surface area contributed by atoms with Gasteiger partial charge in [0.25, 0.3) is 0 Å². The molecule has 0 bridgehead atoms. The fraction of sp³-hybridized carbons (Fsp3) is 0.417. The van der Waals surface area contributed by atoms with Gasteiger partial charge in [0.2, 0.25) is 10.0 Å². The minimum absolute atomic E-state index is 0.163. The average molecular weight is 266 g/mol. The monoisotopic (exact) mass is 266 g/mol. The van der Waals surface area contributed by atoms with E-state index in [-0.39, 0.29) is 5.75 Å². The quantitative estimate of drug-likeness (QED) is 0.813. The Labute approximate surface area is 107 Å². The van der Waals surface area contributed by atoms with Gasteiger partial charge in [-0.25, -0.2) is 8.42 Å². The normalized spacial score (nSPS) is 18.1. The number of hydrogen-bond acceptors (Lipinski definition) is 4. The van der Waals surface area contributed by atoms with Gasteiger partial charge in [0, 0.05) is 12.6 Å². The summed E-state index contributed by atoms with van der Waals surface area (Å²) in [6.07, 6.45) is 1.53. The van der Waals surface area contributed by atoms with Crippen LogP contribution in [0.5, 0.6) is 5.75 Å². The SMILES string of the molecule is COc1cc(C#N)ccc1N1CCCCS1(=O)=O. The van der Waals surface area contributed by atoms with Gasteiger partial charge in [-0.15, -0.1) is 0 Å². The van der Waals surface area contributed by atoms with Crippen LogP contribution < -0.4 is 9.04 Å². The Hall–Kier alpha value is -1.74. The minimum Gasteiger partial charge on any atom is -0.495 e. The molecule has 0 radical (unpaired) electrons. The maximum absolute atomic E-state index is 12.0. The number of ether oxygens (including phenoxy) is 1. The van der Waals surface area contributed by atoms with E-state index in [1.165, 1.54) is 11.4 Å². The second kappa shape index (κ2) is 4.86. The van der Waals surface area contributed by atoms with Crippen molar-refractivity contribution in [2.75, 3.05) is 23.7 Å². The molecule has 0 saturated carbocycles. The van der Waals surface area contributed by atoms with E-state index < -0.39 is 10.0 Å². The first kappa shape index (κ1) is 12.7. The predicted molar refractivity (Wildman–Crippen MR) is 68.1 cm³/mol. The molecule has 0 atom stereocenters. The molecule has 0 aliphatic carbocycles. The zero-order valence-electron chi connectivity index (χ0n) is 10.1. The van der Waals surface area contributed by atoms with Gasteiger partial charge in [0.05, 0.1) is 30.2 Å². The van der Waals surface area contributed by atoms with Crippen molar-refractivity contribution in [3.8, 4) is 11.8 Å². The minimum atomic E-state index is -3.26. The maximum atomic E-state index is 12.0. The highest BCUT2D eigenvalue weighted by Crippen LogP contribution is 2.33. The molecule has 0 aromatic heterocycles. The third-order valence-electron chi connectivity index (χ3n) is 2.93. The Morgan fingerprint density at radius 2 is 2.17 bits per heavy atom. The van der Waals surface area contributed by atoms with Crippen molar-refractivity contribution in [1.29, 1.82) is 5.26 Å². The largest absolute Gasteiger partial charge is 0.495 e. The van der Waals surface area contributed by atoms with E-state index in [0.29, 0.717) is 30.0 Å². The topological polar surface area (TPSA) is 70.4 Å². The van der Waals surface area contributed by atoms with E-state index in [9.17, 15) is 8.42 Å².